The Morgan fingerprint density at radius 3 is 1.13 bits per heavy atom. The second-order valence-electron chi connectivity index (χ2n) is 4.96. The Morgan fingerprint density at radius 2 is 1.09 bits per heavy atom. The van der Waals surface area contributed by atoms with Crippen molar-refractivity contribution < 1.29 is 21.7 Å². The summed E-state index contributed by atoms with van der Waals surface area (Å²) in [5.41, 5.74) is 17.3. The molecule has 0 fully saturated rings. The molecule has 2 rings (SSSR count). The summed E-state index contributed by atoms with van der Waals surface area (Å²) in [4.78, 5) is 8.22. The Labute approximate surface area is 157 Å². The molecule has 0 bridgehead atoms. The van der Waals surface area contributed by atoms with Crippen molar-refractivity contribution in [3.8, 4) is 0 Å². The second-order valence-corrected chi connectivity index (χ2v) is 4.96. The van der Waals surface area contributed by atoms with Crippen LogP contribution >= 0.6 is 0 Å². The average Bonchev–Trinajstić information content (AvgIpc) is 3.07. The zero-order valence-corrected chi connectivity index (χ0v) is 17.1. The summed E-state index contributed by atoms with van der Waals surface area (Å²) >= 11 is 0. The Kier molecular flexibility index (Phi) is 22.6. The molecule has 0 spiro atoms. The molecule has 128 valence electrons. The van der Waals surface area contributed by atoms with E-state index in [0.717, 1.165) is 35.6 Å². The predicted molar refractivity (Wildman–Crippen MR) is 97.6 cm³/mol. The topological polar surface area (TPSA) is 73.4 Å². The van der Waals surface area contributed by atoms with Gasteiger partial charge >= 0.3 is 21.7 Å². The van der Waals surface area contributed by atoms with Crippen LogP contribution in [-0.2, 0) is 21.7 Å². The summed E-state index contributed by atoms with van der Waals surface area (Å²) < 4.78 is 0. The van der Waals surface area contributed by atoms with Crippen molar-refractivity contribution in [2.24, 2.45) is 0 Å². The Hall–Kier alpha value is -0.806. The maximum absolute atomic E-state index is 6.45. The minimum atomic E-state index is 0. The van der Waals surface area contributed by atoms with E-state index < -0.39 is 0 Å². The summed E-state index contributed by atoms with van der Waals surface area (Å²) in [6.07, 6.45) is 1.97. The van der Waals surface area contributed by atoms with Gasteiger partial charge in [0.05, 0.1) is 0 Å². The monoisotopic (exact) mass is 352 g/mol. The predicted octanol–water partition coefficient (Wildman–Crippen LogP) is 5.73. The molecule has 2 N–H and O–H groups in total. The Bertz CT molecular complexity index is 370. The molecule has 0 amide bonds. The third-order valence-electron chi connectivity index (χ3n) is 2.34. The average molecular weight is 352 g/mol. The normalized spacial score (nSPS) is 8.35. The minimum absolute atomic E-state index is 0. The van der Waals surface area contributed by atoms with Gasteiger partial charge in [-0.1, -0.05) is 65.8 Å². The maximum Gasteiger partial charge on any atom is 4.00 e. The van der Waals surface area contributed by atoms with Gasteiger partial charge in [-0.15, -0.1) is 11.4 Å². The molecular formula is C18H32N4Ti. The van der Waals surface area contributed by atoms with Crippen LogP contribution in [0.25, 0.3) is 11.5 Å². The largest absolute Gasteiger partial charge is 4.00 e. The van der Waals surface area contributed by atoms with Gasteiger partial charge in [-0.3, -0.25) is 0 Å². The van der Waals surface area contributed by atoms with Gasteiger partial charge in [-0.25, -0.2) is 0 Å². The van der Waals surface area contributed by atoms with Gasteiger partial charge < -0.3 is 21.4 Å². The molecule has 0 aromatic carbocycles. The van der Waals surface area contributed by atoms with Crippen molar-refractivity contribution >= 4 is 0 Å². The summed E-state index contributed by atoms with van der Waals surface area (Å²) in [6.45, 7) is 13.1. The molecule has 0 aliphatic heterocycles. The van der Waals surface area contributed by atoms with Crippen molar-refractivity contribution in [1.82, 2.24) is 9.97 Å². The van der Waals surface area contributed by atoms with Gasteiger partial charge in [0.15, 0.2) is 0 Å². The molecule has 5 heteroatoms. The van der Waals surface area contributed by atoms with Crippen molar-refractivity contribution in [2.75, 3.05) is 13.1 Å². The summed E-state index contributed by atoms with van der Waals surface area (Å²) in [5.74, 6) is 0. The number of rotatable bonds is 2. The van der Waals surface area contributed by atoms with E-state index in [1.165, 1.54) is 0 Å². The van der Waals surface area contributed by atoms with Gasteiger partial charge in [0, 0.05) is 0 Å². The van der Waals surface area contributed by atoms with Crippen LogP contribution < -0.4 is 0 Å². The molecule has 0 saturated heterocycles. The van der Waals surface area contributed by atoms with E-state index in [2.05, 4.69) is 9.97 Å². The first kappa shape index (κ1) is 27.1. The molecule has 4 nitrogen and oxygen atoms in total. The van der Waals surface area contributed by atoms with Crippen LogP contribution in [0.4, 0.5) is 0 Å². The SMILES string of the molecule is CCC[NH-].CCC[NH-].Cc1cc[c-](C)n1.Cc1cc[c-](C)n1.[Ti+4]. The first-order valence-corrected chi connectivity index (χ1v) is 7.84. The van der Waals surface area contributed by atoms with Crippen LogP contribution in [0.15, 0.2) is 24.3 Å². The van der Waals surface area contributed by atoms with Crippen LogP contribution in [0.2, 0.25) is 0 Å². The molecule has 0 aliphatic rings. The quantitative estimate of drug-likeness (QED) is 0.511. The zero-order chi connectivity index (χ0) is 17.4. The van der Waals surface area contributed by atoms with E-state index >= 15 is 0 Å². The van der Waals surface area contributed by atoms with Crippen LogP contribution in [0.1, 0.15) is 49.5 Å². The van der Waals surface area contributed by atoms with Crippen LogP contribution in [0.3, 0.4) is 0 Å². The van der Waals surface area contributed by atoms with Gasteiger partial charge in [0.25, 0.3) is 0 Å². The molecule has 2 aromatic rings. The molecule has 0 radical (unpaired) electrons. The standard InChI is InChI=1S/2C6H8N.2C3H8N.Ti/c2*1-5-3-4-6(2)7-5;2*1-2-3-4;/h2*3-4H,1-2H3;2*4H,2-3H2,1H3;/q4*-1;+4. The summed E-state index contributed by atoms with van der Waals surface area (Å²) in [6, 6.07) is 8.04. The number of nitrogens with one attached hydrogen (secondary N) is 2. The Morgan fingerprint density at radius 1 is 0.826 bits per heavy atom. The fourth-order valence-electron chi connectivity index (χ4n) is 1.19. The van der Waals surface area contributed by atoms with E-state index in [4.69, 9.17) is 11.5 Å². The van der Waals surface area contributed by atoms with E-state index in [1.807, 2.05) is 65.8 Å². The minimum Gasteiger partial charge on any atom is -0.677 e. The van der Waals surface area contributed by atoms with Crippen molar-refractivity contribution in [2.45, 2.75) is 54.4 Å². The molecule has 0 saturated carbocycles. The van der Waals surface area contributed by atoms with Gasteiger partial charge in [-0.05, 0) is 0 Å². The molecular weight excluding hydrogens is 320 g/mol. The maximum atomic E-state index is 6.45. The van der Waals surface area contributed by atoms with Gasteiger partial charge in [-0.2, -0.15) is 37.4 Å². The number of aromatic nitrogens is 2. The number of hydrogen-bond donors (Lipinski definition) is 0. The number of nitrogens with zero attached hydrogens (tertiary/aromatic N) is 2. The third kappa shape index (κ3) is 21.2. The van der Waals surface area contributed by atoms with Crippen molar-refractivity contribution in [3.05, 3.63) is 58.5 Å². The molecule has 0 aliphatic carbocycles. The van der Waals surface area contributed by atoms with E-state index in [-0.39, 0.29) is 21.7 Å². The molecule has 2 heterocycles. The van der Waals surface area contributed by atoms with E-state index in [0.29, 0.717) is 13.1 Å². The first-order valence-electron chi connectivity index (χ1n) is 7.84. The first-order chi connectivity index (χ1) is 10.4. The number of hydrogen-bond acceptors (Lipinski definition) is 2. The smallest absolute Gasteiger partial charge is 0.677 e. The van der Waals surface area contributed by atoms with Crippen molar-refractivity contribution in [1.29, 1.82) is 0 Å². The molecule has 23 heavy (non-hydrogen) atoms. The summed E-state index contributed by atoms with van der Waals surface area (Å²) in [5, 5.41) is 0. The van der Waals surface area contributed by atoms with Crippen LogP contribution in [0, 0.1) is 27.7 Å². The second kappa shape index (κ2) is 19.2. The van der Waals surface area contributed by atoms with E-state index in [1.54, 1.807) is 0 Å². The van der Waals surface area contributed by atoms with Crippen LogP contribution in [-0.4, -0.2) is 23.1 Å². The van der Waals surface area contributed by atoms with Gasteiger partial charge in [0.1, 0.15) is 0 Å². The molecule has 2 aromatic heterocycles. The molecule has 0 unspecified atom stereocenters. The molecule has 0 atom stereocenters. The number of aryl methyl sites for hydroxylation is 4. The third-order valence-corrected chi connectivity index (χ3v) is 2.34. The zero-order valence-electron chi connectivity index (χ0n) is 15.5. The summed E-state index contributed by atoms with van der Waals surface area (Å²) in [7, 11) is 0. The Balaban J connectivity index is -0.000000238. The van der Waals surface area contributed by atoms with Crippen LogP contribution in [0.5, 0.6) is 0 Å². The van der Waals surface area contributed by atoms with Gasteiger partial charge in [0.2, 0.25) is 0 Å². The van der Waals surface area contributed by atoms with Crippen molar-refractivity contribution in [3.63, 3.8) is 0 Å². The van der Waals surface area contributed by atoms with E-state index in [9.17, 15) is 0 Å². The fraction of sp³-hybridized carbons (Fsp3) is 0.556. The fourth-order valence-corrected chi connectivity index (χ4v) is 1.19.